The third kappa shape index (κ3) is 5.63. The van der Waals surface area contributed by atoms with Gasteiger partial charge in [-0.2, -0.15) is 0 Å². The molecule has 3 aromatic rings. The van der Waals surface area contributed by atoms with Gasteiger partial charge < -0.3 is 14.8 Å². The fourth-order valence-electron chi connectivity index (χ4n) is 2.63. The first-order valence-corrected chi connectivity index (χ1v) is 10.0. The average Bonchev–Trinajstić information content (AvgIpc) is 2.68. The predicted octanol–water partition coefficient (Wildman–Crippen LogP) is 6.83. The number of rotatable bonds is 8. The Morgan fingerprint density at radius 3 is 2.36 bits per heavy atom. The van der Waals surface area contributed by atoms with E-state index in [1.165, 1.54) is 12.1 Å². The van der Waals surface area contributed by atoms with Crippen molar-refractivity contribution in [2.75, 3.05) is 11.9 Å². The highest BCUT2D eigenvalue weighted by atomic mass is 79.9. The molecule has 0 atom stereocenters. The molecule has 0 heterocycles. The molecule has 0 saturated heterocycles. The molecule has 1 N–H and O–H groups in total. The Morgan fingerprint density at radius 1 is 0.964 bits per heavy atom. The standard InChI is InChI=1S/C22H20BrClFNO2/c1-2-27-21-12-16(13-26-19-9-7-18(25)8-10-19)11-20(23)22(21)28-14-15-3-5-17(24)6-4-15/h3-12,26H,2,13-14H2,1H3. The number of hydrogen-bond donors (Lipinski definition) is 1. The van der Waals surface area contributed by atoms with Crippen LogP contribution in [0.2, 0.25) is 5.02 Å². The van der Waals surface area contributed by atoms with E-state index in [9.17, 15) is 4.39 Å². The summed E-state index contributed by atoms with van der Waals surface area (Å²) >= 11 is 9.51. The molecule has 3 nitrogen and oxygen atoms in total. The van der Waals surface area contributed by atoms with Gasteiger partial charge in [0.1, 0.15) is 12.4 Å². The van der Waals surface area contributed by atoms with Crippen molar-refractivity contribution in [3.8, 4) is 11.5 Å². The normalized spacial score (nSPS) is 10.6. The lowest BCUT2D eigenvalue weighted by Crippen LogP contribution is -2.04. The second-order valence-electron chi connectivity index (χ2n) is 6.11. The van der Waals surface area contributed by atoms with E-state index in [1.54, 1.807) is 12.1 Å². The van der Waals surface area contributed by atoms with Crippen LogP contribution in [0.5, 0.6) is 11.5 Å². The highest BCUT2D eigenvalue weighted by Gasteiger charge is 2.13. The van der Waals surface area contributed by atoms with Gasteiger partial charge in [0.05, 0.1) is 11.1 Å². The number of anilines is 1. The van der Waals surface area contributed by atoms with E-state index in [0.29, 0.717) is 36.3 Å². The molecule has 0 amide bonds. The van der Waals surface area contributed by atoms with E-state index in [1.807, 2.05) is 43.3 Å². The molecule has 3 rings (SSSR count). The molecule has 146 valence electrons. The summed E-state index contributed by atoms with van der Waals surface area (Å²) in [5, 5.41) is 3.96. The van der Waals surface area contributed by atoms with Gasteiger partial charge in [-0.3, -0.25) is 0 Å². The minimum Gasteiger partial charge on any atom is -0.490 e. The van der Waals surface area contributed by atoms with E-state index in [4.69, 9.17) is 21.1 Å². The number of nitrogens with one attached hydrogen (secondary N) is 1. The lowest BCUT2D eigenvalue weighted by atomic mass is 10.2. The fraction of sp³-hybridized carbons (Fsp3) is 0.182. The lowest BCUT2D eigenvalue weighted by Gasteiger charge is -2.16. The molecule has 0 aliphatic rings. The van der Waals surface area contributed by atoms with Gasteiger partial charge in [-0.1, -0.05) is 23.7 Å². The van der Waals surface area contributed by atoms with Crippen molar-refractivity contribution < 1.29 is 13.9 Å². The molecule has 0 bridgehead atoms. The molecule has 0 spiro atoms. The van der Waals surface area contributed by atoms with Gasteiger partial charge in [0.25, 0.3) is 0 Å². The van der Waals surface area contributed by atoms with Gasteiger partial charge in [0.15, 0.2) is 11.5 Å². The first kappa shape index (κ1) is 20.5. The van der Waals surface area contributed by atoms with Crippen molar-refractivity contribution in [2.45, 2.75) is 20.1 Å². The van der Waals surface area contributed by atoms with Gasteiger partial charge in [-0.15, -0.1) is 0 Å². The summed E-state index contributed by atoms with van der Waals surface area (Å²) in [6.45, 7) is 3.43. The largest absolute Gasteiger partial charge is 0.490 e. The maximum absolute atomic E-state index is 13.0. The summed E-state index contributed by atoms with van der Waals surface area (Å²) in [6, 6.07) is 17.7. The van der Waals surface area contributed by atoms with E-state index in [0.717, 1.165) is 21.3 Å². The van der Waals surface area contributed by atoms with Crippen molar-refractivity contribution in [3.05, 3.63) is 87.1 Å². The molecule has 0 aromatic heterocycles. The van der Waals surface area contributed by atoms with Crippen LogP contribution in [-0.2, 0) is 13.2 Å². The SMILES string of the molecule is CCOc1cc(CNc2ccc(F)cc2)cc(Br)c1OCc1ccc(Cl)cc1. The topological polar surface area (TPSA) is 30.5 Å². The summed E-state index contributed by atoms with van der Waals surface area (Å²) in [6.07, 6.45) is 0. The number of halogens is 3. The molecule has 3 aromatic carbocycles. The van der Waals surface area contributed by atoms with E-state index in [-0.39, 0.29) is 5.82 Å². The van der Waals surface area contributed by atoms with Crippen LogP contribution in [0.4, 0.5) is 10.1 Å². The molecular weight excluding hydrogens is 445 g/mol. The van der Waals surface area contributed by atoms with Crippen LogP contribution in [0.3, 0.4) is 0 Å². The highest BCUT2D eigenvalue weighted by molar-refractivity contribution is 9.10. The number of hydrogen-bond acceptors (Lipinski definition) is 3. The molecule has 28 heavy (non-hydrogen) atoms. The van der Waals surface area contributed by atoms with Gasteiger partial charge >= 0.3 is 0 Å². The molecular formula is C22H20BrClFNO2. The molecule has 0 aliphatic heterocycles. The molecule has 0 fully saturated rings. The Morgan fingerprint density at radius 2 is 1.68 bits per heavy atom. The van der Waals surface area contributed by atoms with Crippen LogP contribution in [0.15, 0.2) is 65.1 Å². The summed E-state index contributed by atoms with van der Waals surface area (Å²) in [5.41, 5.74) is 2.87. The molecule has 0 unspecified atom stereocenters. The maximum atomic E-state index is 13.0. The minimum absolute atomic E-state index is 0.255. The quantitative estimate of drug-likeness (QED) is 0.396. The maximum Gasteiger partial charge on any atom is 0.175 e. The molecule has 0 radical (unpaired) electrons. The fourth-order valence-corrected chi connectivity index (χ4v) is 3.36. The minimum atomic E-state index is -0.255. The first-order valence-electron chi connectivity index (χ1n) is 8.87. The Kier molecular flexibility index (Phi) is 7.18. The molecule has 0 aliphatic carbocycles. The van der Waals surface area contributed by atoms with Gasteiger partial charge in [-0.25, -0.2) is 4.39 Å². The Hall–Kier alpha value is -2.24. The zero-order chi connectivity index (χ0) is 19.9. The summed E-state index contributed by atoms with van der Waals surface area (Å²) in [4.78, 5) is 0. The highest BCUT2D eigenvalue weighted by Crippen LogP contribution is 2.37. The Bertz CT molecular complexity index is 917. The van der Waals surface area contributed by atoms with Crippen LogP contribution in [0, 0.1) is 5.82 Å². The van der Waals surface area contributed by atoms with Gasteiger partial charge in [0.2, 0.25) is 0 Å². The smallest absolute Gasteiger partial charge is 0.175 e. The lowest BCUT2D eigenvalue weighted by molar-refractivity contribution is 0.267. The van der Waals surface area contributed by atoms with Crippen molar-refractivity contribution in [1.29, 1.82) is 0 Å². The van der Waals surface area contributed by atoms with Crippen LogP contribution in [0.1, 0.15) is 18.1 Å². The third-order valence-electron chi connectivity index (χ3n) is 4.01. The Labute approximate surface area is 177 Å². The van der Waals surface area contributed by atoms with Crippen LogP contribution >= 0.6 is 27.5 Å². The second-order valence-corrected chi connectivity index (χ2v) is 7.40. The van der Waals surface area contributed by atoms with Crippen molar-refractivity contribution in [1.82, 2.24) is 0 Å². The summed E-state index contributed by atoms with van der Waals surface area (Å²) in [5.74, 6) is 1.07. The van der Waals surface area contributed by atoms with Crippen LogP contribution in [-0.4, -0.2) is 6.61 Å². The average molecular weight is 465 g/mol. The first-order chi connectivity index (χ1) is 13.5. The van der Waals surface area contributed by atoms with E-state index in [2.05, 4.69) is 21.2 Å². The van der Waals surface area contributed by atoms with Crippen LogP contribution < -0.4 is 14.8 Å². The van der Waals surface area contributed by atoms with Gasteiger partial charge in [-0.05, 0) is 82.5 Å². The zero-order valence-corrected chi connectivity index (χ0v) is 17.7. The zero-order valence-electron chi connectivity index (χ0n) is 15.3. The predicted molar refractivity (Wildman–Crippen MR) is 115 cm³/mol. The second kappa shape index (κ2) is 9.80. The molecule has 0 saturated carbocycles. The molecule has 6 heteroatoms. The number of benzene rings is 3. The van der Waals surface area contributed by atoms with Gasteiger partial charge in [0, 0.05) is 17.3 Å². The van der Waals surface area contributed by atoms with Crippen molar-refractivity contribution in [3.63, 3.8) is 0 Å². The van der Waals surface area contributed by atoms with Crippen molar-refractivity contribution >= 4 is 33.2 Å². The van der Waals surface area contributed by atoms with Crippen molar-refractivity contribution in [2.24, 2.45) is 0 Å². The van der Waals surface area contributed by atoms with E-state index >= 15 is 0 Å². The summed E-state index contributed by atoms with van der Waals surface area (Å²) < 4.78 is 25.6. The number of ether oxygens (including phenoxy) is 2. The van der Waals surface area contributed by atoms with E-state index < -0.39 is 0 Å². The summed E-state index contributed by atoms with van der Waals surface area (Å²) in [7, 11) is 0. The van der Waals surface area contributed by atoms with Crippen LogP contribution in [0.25, 0.3) is 0 Å². The monoisotopic (exact) mass is 463 g/mol. The third-order valence-corrected chi connectivity index (χ3v) is 4.85. The Balaban J connectivity index is 1.73.